The predicted molar refractivity (Wildman–Crippen MR) is 79.5 cm³/mol. The van der Waals surface area contributed by atoms with E-state index in [-0.39, 0.29) is 6.04 Å². The third-order valence-corrected chi connectivity index (χ3v) is 3.65. The van der Waals surface area contributed by atoms with E-state index in [1.165, 1.54) is 0 Å². The van der Waals surface area contributed by atoms with E-state index in [9.17, 15) is 0 Å². The minimum atomic E-state index is 0.248. The Labute approximate surface area is 121 Å². The largest absolute Gasteiger partial charge is 0.399 e. The molecule has 2 rings (SSSR count). The zero-order chi connectivity index (χ0) is 14.0. The fourth-order valence-corrected chi connectivity index (χ4v) is 2.59. The molecule has 19 heavy (non-hydrogen) atoms. The lowest BCUT2D eigenvalue weighted by Gasteiger charge is -2.16. The molecule has 0 aliphatic rings. The zero-order valence-electron chi connectivity index (χ0n) is 11.3. The molecule has 0 saturated carbocycles. The summed E-state index contributed by atoms with van der Waals surface area (Å²) in [5.74, 6) is 1.34. The van der Waals surface area contributed by atoms with Crippen molar-refractivity contribution in [2.75, 3.05) is 5.73 Å². The van der Waals surface area contributed by atoms with E-state index < -0.39 is 0 Å². The summed E-state index contributed by atoms with van der Waals surface area (Å²) in [6, 6.07) is 5.89. The van der Waals surface area contributed by atoms with Crippen LogP contribution >= 0.6 is 15.9 Å². The Morgan fingerprint density at radius 3 is 2.74 bits per heavy atom. The van der Waals surface area contributed by atoms with Gasteiger partial charge in [0.15, 0.2) is 5.82 Å². The normalized spacial score (nSPS) is 12.9. The van der Waals surface area contributed by atoms with Crippen molar-refractivity contribution in [1.82, 2.24) is 20.2 Å². The zero-order valence-corrected chi connectivity index (χ0v) is 12.9. The molecule has 0 amide bonds. The topological polar surface area (TPSA) is 69.6 Å². The molecule has 2 N–H and O–H groups in total. The summed E-state index contributed by atoms with van der Waals surface area (Å²) in [6.45, 7) is 6.51. The average molecular weight is 324 g/mol. The van der Waals surface area contributed by atoms with Crippen LogP contribution in [0.25, 0.3) is 11.4 Å². The molecule has 2 aromatic rings. The van der Waals surface area contributed by atoms with Crippen LogP contribution < -0.4 is 5.73 Å². The van der Waals surface area contributed by atoms with Crippen molar-refractivity contribution >= 4 is 21.6 Å². The van der Waals surface area contributed by atoms with Gasteiger partial charge in [-0.1, -0.05) is 29.8 Å². The van der Waals surface area contributed by atoms with E-state index in [0.29, 0.717) is 11.6 Å². The number of anilines is 1. The molecule has 0 saturated heterocycles. The van der Waals surface area contributed by atoms with Crippen LogP contribution in [-0.2, 0) is 0 Å². The van der Waals surface area contributed by atoms with E-state index in [2.05, 4.69) is 52.2 Å². The van der Waals surface area contributed by atoms with Crippen LogP contribution in [0.15, 0.2) is 22.7 Å². The molecule has 102 valence electrons. The second-order valence-corrected chi connectivity index (χ2v) is 6.02. The van der Waals surface area contributed by atoms with Crippen LogP contribution in [0.4, 0.5) is 5.69 Å². The summed E-state index contributed by atoms with van der Waals surface area (Å²) in [7, 11) is 0. The van der Waals surface area contributed by atoms with Crippen molar-refractivity contribution in [2.45, 2.75) is 33.2 Å². The Morgan fingerprint density at radius 1 is 1.32 bits per heavy atom. The van der Waals surface area contributed by atoms with Gasteiger partial charge in [-0.15, -0.1) is 5.10 Å². The highest BCUT2D eigenvalue weighted by Gasteiger charge is 2.17. The molecule has 1 atom stereocenters. The Kier molecular flexibility index (Phi) is 4.19. The van der Waals surface area contributed by atoms with Gasteiger partial charge in [0.1, 0.15) is 0 Å². The summed E-state index contributed by atoms with van der Waals surface area (Å²) < 4.78 is 2.80. The first-order valence-corrected chi connectivity index (χ1v) is 7.11. The molecule has 1 unspecified atom stereocenters. The Balaban J connectivity index is 2.41. The lowest BCUT2D eigenvalue weighted by molar-refractivity contribution is 0.394. The summed E-state index contributed by atoms with van der Waals surface area (Å²) in [5, 5.41) is 12.0. The van der Waals surface area contributed by atoms with Gasteiger partial charge in [-0.25, -0.2) is 4.68 Å². The standard InChI is InChI=1S/C13H18BrN5/c1-8(2)6-9(3)19-13(16-17-18-19)11-7-10(15)4-5-12(11)14/h4-5,7-9H,6,15H2,1-3H3. The average Bonchev–Trinajstić information content (AvgIpc) is 2.80. The Bertz CT molecular complexity index is 564. The second-order valence-electron chi connectivity index (χ2n) is 5.16. The Hall–Kier alpha value is -1.43. The minimum absolute atomic E-state index is 0.248. The Morgan fingerprint density at radius 2 is 2.05 bits per heavy atom. The minimum Gasteiger partial charge on any atom is -0.399 e. The number of tetrazole rings is 1. The highest BCUT2D eigenvalue weighted by Crippen LogP contribution is 2.30. The SMILES string of the molecule is CC(C)CC(C)n1nnnc1-c1cc(N)ccc1Br. The van der Waals surface area contributed by atoms with E-state index >= 15 is 0 Å². The number of nitrogens with two attached hydrogens (primary N) is 1. The number of nitrogens with zero attached hydrogens (tertiary/aromatic N) is 4. The van der Waals surface area contributed by atoms with Gasteiger partial charge in [-0.2, -0.15) is 0 Å². The monoisotopic (exact) mass is 323 g/mol. The van der Waals surface area contributed by atoms with Crippen molar-refractivity contribution in [3.63, 3.8) is 0 Å². The van der Waals surface area contributed by atoms with E-state index in [1.807, 2.05) is 22.9 Å². The molecular formula is C13H18BrN5. The molecule has 0 aliphatic heterocycles. The first-order valence-electron chi connectivity index (χ1n) is 6.32. The van der Waals surface area contributed by atoms with Gasteiger partial charge in [0, 0.05) is 15.7 Å². The molecule has 0 fully saturated rings. The van der Waals surface area contributed by atoms with Crippen molar-refractivity contribution in [2.24, 2.45) is 5.92 Å². The van der Waals surface area contributed by atoms with Crippen LogP contribution in [0, 0.1) is 5.92 Å². The van der Waals surface area contributed by atoms with Gasteiger partial charge in [-0.05, 0) is 47.9 Å². The predicted octanol–water partition coefficient (Wildman–Crippen LogP) is 3.29. The first kappa shape index (κ1) is 14.0. The molecule has 1 aromatic heterocycles. The van der Waals surface area contributed by atoms with Crippen LogP contribution in [0.1, 0.15) is 33.2 Å². The number of benzene rings is 1. The van der Waals surface area contributed by atoms with Crippen molar-refractivity contribution in [3.8, 4) is 11.4 Å². The molecule has 5 nitrogen and oxygen atoms in total. The maximum Gasteiger partial charge on any atom is 0.183 e. The highest BCUT2D eigenvalue weighted by molar-refractivity contribution is 9.10. The first-order chi connectivity index (χ1) is 8.99. The molecule has 0 bridgehead atoms. The van der Waals surface area contributed by atoms with Gasteiger partial charge in [0.25, 0.3) is 0 Å². The van der Waals surface area contributed by atoms with Crippen molar-refractivity contribution < 1.29 is 0 Å². The van der Waals surface area contributed by atoms with Crippen LogP contribution in [-0.4, -0.2) is 20.2 Å². The summed E-state index contributed by atoms with van der Waals surface area (Å²) in [6.07, 6.45) is 1.03. The molecule has 1 aromatic carbocycles. The molecule has 1 heterocycles. The van der Waals surface area contributed by atoms with E-state index in [4.69, 9.17) is 5.73 Å². The molecule has 0 radical (unpaired) electrons. The quantitative estimate of drug-likeness (QED) is 0.876. The third-order valence-electron chi connectivity index (χ3n) is 2.95. The van der Waals surface area contributed by atoms with Crippen molar-refractivity contribution in [3.05, 3.63) is 22.7 Å². The smallest absolute Gasteiger partial charge is 0.183 e. The number of rotatable bonds is 4. The molecule has 6 heteroatoms. The van der Waals surface area contributed by atoms with Gasteiger partial charge < -0.3 is 5.73 Å². The maximum atomic E-state index is 5.84. The van der Waals surface area contributed by atoms with Gasteiger partial charge >= 0.3 is 0 Å². The molecular weight excluding hydrogens is 306 g/mol. The van der Waals surface area contributed by atoms with Gasteiger partial charge in [0.05, 0.1) is 6.04 Å². The number of halogens is 1. The molecule has 0 spiro atoms. The third kappa shape index (κ3) is 3.12. The van der Waals surface area contributed by atoms with Crippen LogP contribution in [0.3, 0.4) is 0 Å². The van der Waals surface area contributed by atoms with E-state index in [0.717, 1.165) is 22.3 Å². The maximum absolute atomic E-state index is 5.84. The van der Waals surface area contributed by atoms with Crippen LogP contribution in [0.2, 0.25) is 0 Å². The van der Waals surface area contributed by atoms with Crippen LogP contribution in [0.5, 0.6) is 0 Å². The summed E-state index contributed by atoms with van der Waals surface area (Å²) in [5.41, 5.74) is 7.46. The fourth-order valence-electron chi connectivity index (χ4n) is 2.16. The summed E-state index contributed by atoms with van der Waals surface area (Å²) >= 11 is 3.52. The second kappa shape index (κ2) is 5.69. The summed E-state index contributed by atoms with van der Waals surface area (Å²) in [4.78, 5) is 0. The number of hydrogen-bond donors (Lipinski definition) is 1. The van der Waals surface area contributed by atoms with Crippen molar-refractivity contribution in [1.29, 1.82) is 0 Å². The number of aromatic nitrogens is 4. The lowest BCUT2D eigenvalue weighted by Crippen LogP contribution is -2.11. The van der Waals surface area contributed by atoms with E-state index in [1.54, 1.807) is 0 Å². The number of hydrogen-bond acceptors (Lipinski definition) is 4. The molecule has 0 aliphatic carbocycles. The number of nitrogen functional groups attached to an aromatic ring is 1. The highest BCUT2D eigenvalue weighted by atomic mass is 79.9. The van der Waals surface area contributed by atoms with Gasteiger partial charge in [-0.3, -0.25) is 0 Å². The fraction of sp³-hybridized carbons (Fsp3) is 0.462. The lowest BCUT2D eigenvalue weighted by atomic mass is 10.1. The van der Waals surface area contributed by atoms with Gasteiger partial charge in [0.2, 0.25) is 0 Å².